The molecule has 0 bridgehead atoms. The van der Waals surface area contributed by atoms with Crippen LogP contribution in [0.3, 0.4) is 0 Å². The summed E-state index contributed by atoms with van der Waals surface area (Å²) in [4.78, 5) is 15.0. The molecule has 2 rings (SSSR count). The first-order valence-corrected chi connectivity index (χ1v) is 5.35. The molecule has 0 unspecified atom stereocenters. The Morgan fingerprint density at radius 2 is 2.00 bits per heavy atom. The number of esters is 1. The van der Waals surface area contributed by atoms with E-state index in [-0.39, 0.29) is 24.1 Å². The van der Waals surface area contributed by atoms with Gasteiger partial charge >= 0.3 is 12.0 Å². The van der Waals surface area contributed by atoms with Crippen LogP contribution in [0, 0.1) is 11.6 Å². The highest BCUT2D eigenvalue weighted by atomic mass is 19.1. The normalized spacial score (nSPS) is 10.3. The number of hydrogen-bond acceptors (Lipinski definition) is 5. The van der Waals surface area contributed by atoms with Gasteiger partial charge in [-0.25, -0.2) is 13.6 Å². The summed E-state index contributed by atoms with van der Waals surface area (Å²) < 4.78 is 40.4. The lowest BCUT2D eigenvalue weighted by molar-refractivity contribution is 0.0519. The van der Waals surface area contributed by atoms with Gasteiger partial charge in [0.1, 0.15) is 23.6 Å². The van der Waals surface area contributed by atoms with Crippen LogP contribution in [-0.2, 0) is 4.74 Å². The number of carbonyl (C=O) groups excluding carboxylic acids is 1. The molecule has 0 aliphatic carbocycles. The predicted molar refractivity (Wildman–Crippen MR) is 58.9 cm³/mol. The van der Waals surface area contributed by atoms with Crippen molar-refractivity contribution in [1.82, 2.24) is 4.98 Å². The van der Waals surface area contributed by atoms with Crippen molar-refractivity contribution in [3.8, 4) is 11.8 Å². The van der Waals surface area contributed by atoms with E-state index in [4.69, 9.17) is 13.9 Å². The summed E-state index contributed by atoms with van der Waals surface area (Å²) in [5.41, 5.74) is -0.0891. The summed E-state index contributed by atoms with van der Waals surface area (Å²) in [5, 5.41) is 0. The zero-order chi connectivity index (χ0) is 13.8. The molecule has 1 aromatic carbocycles. The van der Waals surface area contributed by atoms with Gasteiger partial charge < -0.3 is 13.9 Å². The summed E-state index contributed by atoms with van der Waals surface area (Å²) in [7, 11) is 0. The smallest absolute Gasteiger partial charge is 0.399 e. The van der Waals surface area contributed by atoms with E-state index in [1.807, 2.05) is 0 Å². The lowest BCUT2D eigenvalue weighted by Gasteiger charge is -2.00. The molecule has 0 saturated heterocycles. The molecule has 1 aromatic heterocycles. The second-order valence-corrected chi connectivity index (χ2v) is 3.43. The summed E-state index contributed by atoms with van der Waals surface area (Å²) in [6.07, 6.45) is 0.719. The third-order valence-corrected chi connectivity index (χ3v) is 2.01. The Labute approximate surface area is 106 Å². The van der Waals surface area contributed by atoms with Gasteiger partial charge in [-0.05, 0) is 6.92 Å². The van der Waals surface area contributed by atoms with Crippen LogP contribution in [0.1, 0.15) is 17.4 Å². The van der Waals surface area contributed by atoms with E-state index in [0.29, 0.717) is 6.07 Å². The van der Waals surface area contributed by atoms with Crippen LogP contribution in [0.5, 0.6) is 11.8 Å². The van der Waals surface area contributed by atoms with Gasteiger partial charge in [0, 0.05) is 18.2 Å². The van der Waals surface area contributed by atoms with E-state index < -0.39 is 17.6 Å². The van der Waals surface area contributed by atoms with Gasteiger partial charge in [-0.3, -0.25) is 0 Å². The molecular weight excluding hydrogens is 260 g/mol. The van der Waals surface area contributed by atoms with E-state index >= 15 is 0 Å². The van der Waals surface area contributed by atoms with Crippen molar-refractivity contribution >= 4 is 5.97 Å². The van der Waals surface area contributed by atoms with Crippen molar-refractivity contribution in [2.75, 3.05) is 6.61 Å². The average Bonchev–Trinajstić information content (AvgIpc) is 2.76. The van der Waals surface area contributed by atoms with Gasteiger partial charge in [-0.15, -0.1) is 0 Å². The number of benzene rings is 1. The molecule has 0 saturated carbocycles. The highest BCUT2D eigenvalue weighted by molar-refractivity contribution is 5.86. The van der Waals surface area contributed by atoms with E-state index in [1.54, 1.807) is 6.92 Å². The van der Waals surface area contributed by atoms with Crippen molar-refractivity contribution in [2.45, 2.75) is 6.92 Å². The van der Waals surface area contributed by atoms with Crippen molar-refractivity contribution in [1.29, 1.82) is 0 Å². The average molecular weight is 269 g/mol. The minimum absolute atomic E-state index is 0.0891. The Kier molecular flexibility index (Phi) is 3.74. The molecule has 7 heteroatoms. The first-order valence-electron chi connectivity index (χ1n) is 5.35. The Balaban J connectivity index is 2.13. The van der Waals surface area contributed by atoms with Crippen LogP contribution in [0.25, 0.3) is 0 Å². The molecule has 100 valence electrons. The van der Waals surface area contributed by atoms with Crippen LogP contribution < -0.4 is 4.74 Å². The largest absolute Gasteiger partial charge is 0.461 e. The van der Waals surface area contributed by atoms with Crippen molar-refractivity contribution < 1.29 is 27.5 Å². The summed E-state index contributed by atoms with van der Waals surface area (Å²) >= 11 is 0. The SMILES string of the molecule is CCOC(=O)c1coc(Oc2cc(F)cc(F)c2)n1. The van der Waals surface area contributed by atoms with Crippen LogP contribution in [-0.4, -0.2) is 17.6 Å². The van der Waals surface area contributed by atoms with E-state index in [0.717, 1.165) is 18.4 Å². The first-order chi connectivity index (χ1) is 9.08. The zero-order valence-corrected chi connectivity index (χ0v) is 9.85. The van der Waals surface area contributed by atoms with Crippen LogP contribution in [0.15, 0.2) is 28.9 Å². The van der Waals surface area contributed by atoms with Crippen LogP contribution >= 0.6 is 0 Å². The zero-order valence-electron chi connectivity index (χ0n) is 9.85. The van der Waals surface area contributed by atoms with Crippen LogP contribution in [0.2, 0.25) is 0 Å². The Hall–Kier alpha value is -2.44. The number of halogens is 2. The van der Waals surface area contributed by atoms with Crippen molar-refractivity contribution in [3.05, 3.63) is 41.8 Å². The molecule has 5 nitrogen and oxygen atoms in total. The molecule has 0 aliphatic rings. The first kappa shape index (κ1) is 13.0. The number of rotatable bonds is 4. The molecule has 0 radical (unpaired) electrons. The topological polar surface area (TPSA) is 61.6 Å². The van der Waals surface area contributed by atoms with E-state index in [9.17, 15) is 13.6 Å². The fraction of sp³-hybridized carbons (Fsp3) is 0.167. The predicted octanol–water partition coefficient (Wildman–Crippen LogP) is 2.92. The van der Waals surface area contributed by atoms with Gasteiger partial charge in [0.25, 0.3) is 0 Å². The molecule has 0 fully saturated rings. The third-order valence-electron chi connectivity index (χ3n) is 2.01. The molecule has 0 aliphatic heterocycles. The third kappa shape index (κ3) is 3.27. The fourth-order valence-corrected chi connectivity index (χ4v) is 1.29. The monoisotopic (exact) mass is 269 g/mol. The summed E-state index contributed by atoms with van der Waals surface area (Å²) in [6.45, 7) is 1.84. The number of oxazole rings is 1. The molecule has 0 atom stereocenters. The second kappa shape index (κ2) is 5.47. The quantitative estimate of drug-likeness (QED) is 0.798. The van der Waals surface area contributed by atoms with Gasteiger partial charge in [-0.2, -0.15) is 4.98 Å². The van der Waals surface area contributed by atoms with Gasteiger partial charge in [0.05, 0.1) is 6.61 Å². The molecule has 2 aromatic rings. The van der Waals surface area contributed by atoms with Crippen molar-refractivity contribution in [2.24, 2.45) is 0 Å². The van der Waals surface area contributed by atoms with Gasteiger partial charge in [0.2, 0.25) is 0 Å². The number of nitrogens with zero attached hydrogens (tertiary/aromatic N) is 1. The molecule has 19 heavy (non-hydrogen) atoms. The summed E-state index contributed by atoms with van der Waals surface area (Å²) in [5.74, 6) is -2.40. The Morgan fingerprint density at radius 3 is 2.63 bits per heavy atom. The summed E-state index contributed by atoms with van der Waals surface area (Å²) in [6, 6.07) is 2.61. The number of ether oxygens (including phenoxy) is 2. The van der Waals surface area contributed by atoms with E-state index in [1.165, 1.54) is 0 Å². The number of aromatic nitrogens is 1. The maximum Gasteiger partial charge on any atom is 0.399 e. The lowest BCUT2D eigenvalue weighted by atomic mass is 10.3. The Bertz CT molecular complexity index is 577. The lowest BCUT2D eigenvalue weighted by Crippen LogP contribution is -2.04. The van der Waals surface area contributed by atoms with Gasteiger partial charge in [0.15, 0.2) is 5.69 Å². The number of carbonyl (C=O) groups is 1. The molecule has 1 heterocycles. The molecule has 0 amide bonds. The minimum Gasteiger partial charge on any atom is -0.461 e. The Morgan fingerprint density at radius 1 is 1.32 bits per heavy atom. The van der Waals surface area contributed by atoms with E-state index in [2.05, 4.69) is 4.98 Å². The minimum atomic E-state index is -0.799. The van der Waals surface area contributed by atoms with Gasteiger partial charge in [-0.1, -0.05) is 0 Å². The second-order valence-electron chi connectivity index (χ2n) is 3.43. The van der Waals surface area contributed by atoms with Crippen molar-refractivity contribution in [3.63, 3.8) is 0 Å². The standard InChI is InChI=1S/C12H9F2NO4/c1-2-17-11(16)10-6-18-12(15-10)19-9-4-7(13)3-8(14)5-9/h3-6H,2H2,1H3. The fourth-order valence-electron chi connectivity index (χ4n) is 1.29. The molecular formula is C12H9F2NO4. The molecule has 0 spiro atoms. The highest BCUT2D eigenvalue weighted by Crippen LogP contribution is 2.22. The maximum atomic E-state index is 12.9. The highest BCUT2D eigenvalue weighted by Gasteiger charge is 2.15. The number of hydrogen-bond donors (Lipinski definition) is 0. The molecule has 0 N–H and O–H groups in total. The maximum absolute atomic E-state index is 12.9. The van der Waals surface area contributed by atoms with Crippen LogP contribution in [0.4, 0.5) is 8.78 Å².